The first kappa shape index (κ1) is 21.3. The molecule has 0 atom stereocenters. The number of alkyl halides is 1. The maximum absolute atomic E-state index is 12.2. The smallest absolute Gasteiger partial charge is 0.273 e. The van der Waals surface area contributed by atoms with E-state index in [2.05, 4.69) is 36.9 Å². The summed E-state index contributed by atoms with van der Waals surface area (Å²) < 4.78 is 12.7. The van der Waals surface area contributed by atoms with Gasteiger partial charge in [-0.1, -0.05) is 21.1 Å². The zero-order chi connectivity index (χ0) is 20.6. The number of carbonyl (C=O) groups is 2. The van der Waals surface area contributed by atoms with Gasteiger partial charge >= 0.3 is 0 Å². The van der Waals surface area contributed by atoms with Crippen LogP contribution in [0.4, 0.5) is 0 Å². The van der Waals surface area contributed by atoms with E-state index in [1.807, 2.05) is 6.92 Å². The predicted molar refractivity (Wildman–Crippen MR) is 110 cm³/mol. The zero-order valence-corrected chi connectivity index (χ0v) is 17.8. The molecule has 0 bridgehead atoms. The van der Waals surface area contributed by atoms with Crippen molar-refractivity contribution < 1.29 is 19.1 Å². The quantitative estimate of drug-likeness (QED) is 0.386. The molecule has 1 aromatic heterocycles. The van der Waals surface area contributed by atoms with Gasteiger partial charge in [-0.2, -0.15) is 0 Å². The van der Waals surface area contributed by atoms with Gasteiger partial charge in [0.2, 0.25) is 0 Å². The van der Waals surface area contributed by atoms with Crippen molar-refractivity contribution >= 4 is 27.7 Å². The van der Waals surface area contributed by atoms with Crippen LogP contribution in [-0.2, 0) is 4.74 Å². The maximum Gasteiger partial charge on any atom is 0.273 e. The molecule has 2 N–H and O–H groups in total. The van der Waals surface area contributed by atoms with E-state index in [0.717, 1.165) is 18.2 Å². The maximum atomic E-state index is 12.2. The Balaban J connectivity index is 1.78. The normalized spacial score (nSPS) is 13.2. The van der Waals surface area contributed by atoms with Crippen LogP contribution in [0.2, 0.25) is 0 Å². The fourth-order valence-corrected chi connectivity index (χ4v) is 2.79. The van der Waals surface area contributed by atoms with Crippen LogP contribution in [0.5, 0.6) is 5.75 Å². The van der Waals surface area contributed by atoms with Gasteiger partial charge in [0.25, 0.3) is 11.8 Å². The number of carbonyl (C=O) groups excluding carboxylic acids is 2. The topological polar surface area (TPSA) is 107 Å². The van der Waals surface area contributed by atoms with Crippen LogP contribution < -0.4 is 15.4 Å². The van der Waals surface area contributed by atoms with Crippen LogP contribution >= 0.6 is 15.9 Å². The lowest BCUT2D eigenvalue weighted by Crippen LogP contribution is -2.25. The van der Waals surface area contributed by atoms with E-state index in [1.54, 1.807) is 24.4 Å². The first-order valence-corrected chi connectivity index (χ1v) is 10.7. The SMILES string of the molecule is CCNC(=O)c1ccc(-n2cc(C(=O)NC3CC3)nn2)c(OCCOCCBr)c1. The summed E-state index contributed by atoms with van der Waals surface area (Å²) in [6.07, 6.45) is 3.54. The lowest BCUT2D eigenvalue weighted by Gasteiger charge is -2.13. The van der Waals surface area contributed by atoms with Crippen molar-refractivity contribution in [2.45, 2.75) is 25.8 Å². The van der Waals surface area contributed by atoms with Crippen LogP contribution in [0.15, 0.2) is 24.4 Å². The number of rotatable bonds is 11. The van der Waals surface area contributed by atoms with Crippen LogP contribution in [0, 0.1) is 0 Å². The highest BCUT2D eigenvalue weighted by Crippen LogP contribution is 2.25. The number of amides is 2. The molecule has 1 aliphatic rings. The fraction of sp³-hybridized carbons (Fsp3) is 0.474. The second-order valence-corrected chi connectivity index (χ2v) is 7.28. The molecule has 156 valence electrons. The minimum absolute atomic E-state index is 0.192. The summed E-state index contributed by atoms with van der Waals surface area (Å²) in [4.78, 5) is 24.4. The van der Waals surface area contributed by atoms with Crippen LogP contribution in [0.25, 0.3) is 5.69 Å². The highest BCUT2D eigenvalue weighted by molar-refractivity contribution is 9.09. The molecule has 0 spiro atoms. The van der Waals surface area contributed by atoms with Gasteiger partial charge in [-0.3, -0.25) is 9.59 Å². The van der Waals surface area contributed by atoms with Crippen molar-refractivity contribution in [2.24, 2.45) is 0 Å². The number of hydrogen-bond donors (Lipinski definition) is 2. The summed E-state index contributed by atoms with van der Waals surface area (Å²) in [7, 11) is 0. The highest BCUT2D eigenvalue weighted by atomic mass is 79.9. The Bertz CT molecular complexity index is 853. The molecule has 3 rings (SSSR count). The van der Waals surface area contributed by atoms with E-state index in [0.29, 0.717) is 43.4 Å². The van der Waals surface area contributed by atoms with E-state index in [-0.39, 0.29) is 23.6 Å². The van der Waals surface area contributed by atoms with Gasteiger partial charge in [0.1, 0.15) is 18.0 Å². The monoisotopic (exact) mass is 465 g/mol. The Hall–Kier alpha value is -2.46. The van der Waals surface area contributed by atoms with E-state index < -0.39 is 0 Å². The number of aromatic nitrogens is 3. The van der Waals surface area contributed by atoms with Gasteiger partial charge in [0.05, 0.1) is 19.4 Å². The predicted octanol–water partition coefficient (Wildman–Crippen LogP) is 1.70. The Labute approximate surface area is 177 Å². The third-order valence-corrected chi connectivity index (χ3v) is 4.48. The number of hydrogen-bond acceptors (Lipinski definition) is 6. The molecule has 2 amide bonds. The van der Waals surface area contributed by atoms with E-state index in [1.165, 1.54) is 4.68 Å². The van der Waals surface area contributed by atoms with Gasteiger partial charge in [-0.05, 0) is 38.0 Å². The Kier molecular flexibility index (Phi) is 7.59. The first-order chi connectivity index (χ1) is 14.1. The second kappa shape index (κ2) is 10.4. The van der Waals surface area contributed by atoms with Gasteiger partial charge in [-0.15, -0.1) is 5.10 Å². The largest absolute Gasteiger partial charge is 0.489 e. The molecule has 0 aliphatic heterocycles. The molecule has 1 heterocycles. The molecule has 2 aromatic rings. The van der Waals surface area contributed by atoms with Crippen LogP contribution in [0.3, 0.4) is 0 Å². The molecule has 0 saturated heterocycles. The molecule has 0 radical (unpaired) electrons. The molecule has 10 heteroatoms. The summed E-state index contributed by atoms with van der Waals surface area (Å²) in [5.41, 5.74) is 1.28. The van der Waals surface area contributed by atoms with Crippen molar-refractivity contribution in [2.75, 3.05) is 31.7 Å². The summed E-state index contributed by atoms with van der Waals surface area (Å²) in [5.74, 6) is 0.0149. The van der Waals surface area contributed by atoms with Crippen molar-refractivity contribution in [3.63, 3.8) is 0 Å². The molecule has 1 saturated carbocycles. The van der Waals surface area contributed by atoms with Crippen molar-refractivity contribution in [1.82, 2.24) is 25.6 Å². The lowest BCUT2D eigenvalue weighted by atomic mass is 10.1. The van der Waals surface area contributed by atoms with Gasteiger partial charge in [0.15, 0.2) is 5.69 Å². The molecular formula is C19H24BrN5O4. The number of nitrogens with zero attached hydrogens (tertiary/aromatic N) is 3. The van der Waals surface area contributed by atoms with Crippen LogP contribution in [0.1, 0.15) is 40.6 Å². The number of benzene rings is 1. The van der Waals surface area contributed by atoms with Crippen molar-refractivity contribution in [3.05, 3.63) is 35.7 Å². The number of nitrogens with one attached hydrogen (secondary N) is 2. The lowest BCUT2D eigenvalue weighted by molar-refractivity contribution is 0.0941. The summed E-state index contributed by atoms with van der Waals surface area (Å²) in [5, 5.41) is 14.4. The Morgan fingerprint density at radius 1 is 1.24 bits per heavy atom. The zero-order valence-electron chi connectivity index (χ0n) is 16.2. The molecule has 29 heavy (non-hydrogen) atoms. The number of ether oxygens (including phenoxy) is 2. The average Bonchev–Trinajstić information content (AvgIpc) is 3.39. The summed E-state index contributed by atoms with van der Waals surface area (Å²) in [6.45, 7) is 3.68. The second-order valence-electron chi connectivity index (χ2n) is 6.49. The molecule has 0 unspecified atom stereocenters. The molecule has 9 nitrogen and oxygen atoms in total. The van der Waals surface area contributed by atoms with Crippen LogP contribution in [-0.4, -0.2) is 64.5 Å². The van der Waals surface area contributed by atoms with E-state index in [9.17, 15) is 9.59 Å². The van der Waals surface area contributed by atoms with E-state index in [4.69, 9.17) is 9.47 Å². The molecule has 1 aliphatic carbocycles. The Morgan fingerprint density at radius 3 is 2.79 bits per heavy atom. The van der Waals surface area contributed by atoms with Crippen molar-refractivity contribution in [3.8, 4) is 11.4 Å². The minimum atomic E-state index is -0.247. The minimum Gasteiger partial charge on any atom is -0.489 e. The first-order valence-electron chi connectivity index (χ1n) is 9.54. The van der Waals surface area contributed by atoms with Gasteiger partial charge < -0.3 is 20.1 Å². The van der Waals surface area contributed by atoms with Gasteiger partial charge in [-0.25, -0.2) is 4.68 Å². The molecule has 1 aromatic carbocycles. The highest BCUT2D eigenvalue weighted by Gasteiger charge is 2.25. The third-order valence-electron chi connectivity index (χ3n) is 4.15. The average molecular weight is 466 g/mol. The van der Waals surface area contributed by atoms with Gasteiger partial charge in [0, 0.05) is 23.5 Å². The summed E-state index contributed by atoms with van der Waals surface area (Å²) >= 11 is 3.30. The third kappa shape index (κ3) is 6.01. The summed E-state index contributed by atoms with van der Waals surface area (Å²) in [6, 6.07) is 5.29. The molecule has 1 fully saturated rings. The van der Waals surface area contributed by atoms with Crippen molar-refractivity contribution in [1.29, 1.82) is 0 Å². The fourth-order valence-electron chi connectivity index (χ4n) is 2.56. The number of halogens is 1. The van der Waals surface area contributed by atoms with E-state index >= 15 is 0 Å². The standard InChI is InChI=1S/C19H24BrN5O4/c1-2-21-18(26)13-3-6-16(17(11-13)29-10-9-28-8-7-20)25-12-15(23-24-25)19(27)22-14-4-5-14/h3,6,11-12,14H,2,4-5,7-10H2,1H3,(H,21,26)(H,22,27). The Morgan fingerprint density at radius 2 is 2.07 bits per heavy atom. The molecular weight excluding hydrogens is 442 g/mol.